The van der Waals surface area contributed by atoms with E-state index in [1.54, 1.807) is 6.08 Å². The second kappa shape index (κ2) is 9.45. The van der Waals surface area contributed by atoms with Crippen LogP contribution in [-0.4, -0.2) is 6.61 Å². The molecule has 1 nitrogen and oxygen atoms in total. The number of ether oxygens (including phenoxy) is 1. The second-order valence-electron chi connectivity index (χ2n) is 7.70. The summed E-state index contributed by atoms with van der Waals surface area (Å²) in [5.74, 6) is 0.865. The lowest BCUT2D eigenvalue weighted by molar-refractivity contribution is 0.363. The van der Waals surface area contributed by atoms with Gasteiger partial charge in [0.2, 0.25) is 0 Å². The van der Waals surface area contributed by atoms with Crippen molar-refractivity contribution >= 4 is 10.8 Å². The molecule has 0 aliphatic carbocycles. The summed E-state index contributed by atoms with van der Waals surface area (Å²) in [6.45, 7) is 6.45. The first-order valence-corrected chi connectivity index (χ1v) is 10.7. The second-order valence-corrected chi connectivity index (χ2v) is 7.70. The van der Waals surface area contributed by atoms with Crippen LogP contribution in [0.2, 0.25) is 0 Å². The fourth-order valence-corrected chi connectivity index (χ4v) is 3.77. The standard InChI is InChI=1S/C29H28O/c1-3-5-6-22-7-8-28-21-27(14-13-26(28)20-22)25-11-9-23(10-12-25)24-15-17-29(18-16-24)30-19-4-2/h4,7-18,20-21H,2-3,5-6,19H2,1H3. The Bertz CT molecular complexity index is 1120. The molecule has 0 aliphatic rings. The van der Waals surface area contributed by atoms with Crippen LogP contribution in [0.25, 0.3) is 33.0 Å². The monoisotopic (exact) mass is 392 g/mol. The molecule has 30 heavy (non-hydrogen) atoms. The molecular weight excluding hydrogens is 364 g/mol. The van der Waals surface area contributed by atoms with Gasteiger partial charge in [0, 0.05) is 0 Å². The van der Waals surface area contributed by atoms with Crippen molar-refractivity contribution in [2.24, 2.45) is 0 Å². The molecule has 1 heteroatoms. The zero-order chi connectivity index (χ0) is 20.8. The van der Waals surface area contributed by atoms with Crippen LogP contribution in [-0.2, 0) is 6.42 Å². The molecular formula is C29H28O. The summed E-state index contributed by atoms with van der Waals surface area (Å²) in [4.78, 5) is 0. The third kappa shape index (κ3) is 4.63. The van der Waals surface area contributed by atoms with E-state index in [4.69, 9.17) is 4.74 Å². The minimum Gasteiger partial charge on any atom is -0.490 e. The first kappa shape index (κ1) is 20.0. The van der Waals surface area contributed by atoms with Gasteiger partial charge in [-0.05, 0) is 69.6 Å². The molecule has 4 rings (SSSR count). The highest BCUT2D eigenvalue weighted by molar-refractivity contribution is 5.88. The van der Waals surface area contributed by atoms with Gasteiger partial charge in [0.1, 0.15) is 12.4 Å². The first-order chi connectivity index (χ1) is 14.8. The van der Waals surface area contributed by atoms with Crippen LogP contribution >= 0.6 is 0 Å². The van der Waals surface area contributed by atoms with Crippen molar-refractivity contribution < 1.29 is 4.74 Å². The van der Waals surface area contributed by atoms with Gasteiger partial charge in [-0.25, -0.2) is 0 Å². The lowest BCUT2D eigenvalue weighted by Gasteiger charge is -2.09. The molecule has 150 valence electrons. The maximum Gasteiger partial charge on any atom is 0.119 e. The molecule has 0 saturated heterocycles. The molecule has 4 aromatic carbocycles. The SMILES string of the molecule is C=CCOc1ccc(-c2ccc(-c3ccc4cc(CCCC)ccc4c3)cc2)cc1. The molecule has 0 fully saturated rings. The quantitative estimate of drug-likeness (QED) is 0.275. The largest absolute Gasteiger partial charge is 0.490 e. The van der Waals surface area contributed by atoms with Crippen LogP contribution in [0.5, 0.6) is 5.75 Å². The van der Waals surface area contributed by atoms with Crippen LogP contribution < -0.4 is 4.74 Å². The van der Waals surface area contributed by atoms with E-state index >= 15 is 0 Å². The van der Waals surface area contributed by atoms with E-state index in [0.29, 0.717) is 6.61 Å². The van der Waals surface area contributed by atoms with Gasteiger partial charge in [-0.15, -0.1) is 0 Å². The molecule has 0 spiro atoms. The maximum absolute atomic E-state index is 5.57. The van der Waals surface area contributed by atoms with Crippen molar-refractivity contribution in [1.29, 1.82) is 0 Å². The van der Waals surface area contributed by atoms with Crippen LogP contribution in [0.3, 0.4) is 0 Å². The van der Waals surface area contributed by atoms with Crippen molar-refractivity contribution in [3.63, 3.8) is 0 Å². The Hall–Kier alpha value is -3.32. The van der Waals surface area contributed by atoms with Crippen molar-refractivity contribution in [2.45, 2.75) is 26.2 Å². The van der Waals surface area contributed by atoms with Gasteiger partial charge in [-0.2, -0.15) is 0 Å². The van der Waals surface area contributed by atoms with Crippen molar-refractivity contribution in [2.75, 3.05) is 6.61 Å². The molecule has 0 bridgehead atoms. The number of aryl methyl sites for hydroxylation is 1. The third-order valence-electron chi connectivity index (χ3n) is 5.50. The Balaban J connectivity index is 1.53. The van der Waals surface area contributed by atoms with E-state index in [2.05, 4.69) is 86.3 Å². The highest BCUT2D eigenvalue weighted by atomic mass is 16.5. The number of hydrogen-bond acceptors (Lipinski definition) is 1. The van der Waals surface area contributed by atoms with Crippen molar-refractivity contribution in [3.05, 3.63) is 103 Å². The summed E-state index contributed by atoms with van der Waals surface area (Å²) in [5, 5.41) is 2.62. The normalized spacial score (nSPS) is 10.8. The predicted molar refractivity (Wildman–Crippen MR) is 129 cm³/mol. The number of benzene rings is 4. The molecule has 0 heterocycles. The Morgan fingerprint density at radius 1 is 0.700 bits per heavy atom. The van der Waals surface area contributed by atoms with Gasteiger partial charge < -0.3 is 4.74 Å². The molecule has 0 aromatic heterocycles. The smallest absolute Gasteiger partial charge is 0.119 e. The molecule has 0 amide bonds. The zero-order valence-electron chi connectivity index (χ0n) is 17.6. The highest BCUT2D eigenvalue weighted by Gasteiger charge is 2.04. The topological polar surface area (TPSA) is 9.23 Å². The van der Waals surface area contributed by atoms with E-state index in [0.717, 1.165) is 12.2 Å². The van der Waals surface area contributed by atoms with E-state index in [-0.39, 0.29) is 0 Å². The van der Waals surface area contributed by atoms with E-state index in [1.165, 1.54) is 51.4 Å². The molecule has 0 saturated carbocycles. The number of hydrogen-bond donors (Lipinski definition) is 0. The lowest BCUT2D eigenvalue weighted by Crippen LogP contribution is -1.92. The number of fused-ring (bicyclic) bond motifs is 1. The van der Waals surface area contributed by atoms with Crippen molar-refractivity contribution in [3.8, 4) is 28.0 Å². The first-order valence-electron chi connectivity index (χ1n) is 10.7. The zero-order valence-corrected chi connectivity index (χ0v) is 17.6. The third-order valence-corrected chi connectivity index (χ3v) is 5.50. The molecule has 0 atom stereocenters. The van der Waals surface area contributed by atoms with Crippen molar-refractivity contribution in [1.82, 2.24) is 0 Å². The maximum atomic E-state index is 5.57. The summed E-state index contributed by atoms with van der Waals surface area (Å²) in [6, 6.07) is 30.6. The summed E-state index contributed by atoms with van der Waals surface area (Å²) < 4.78 is 5.57. The predicted octanol–water partition coefficient (Wildman–Crippen LogP) is 8.08. The van der Waals surface area contributed by atoms with E-state index in [1.807, 2.05) is 12.1 Å². The number of unbranched alkanes of at least 4 members (excludes halogenated alkanes) is 1. The average Bonchev–Trinajstić information content (AvgIpc) is 2.81. The highest BCUT2D eigenvalue weighted by Crippen LogP contribution is 2.29. The minimum absolute atomic E-state index is 0.528. The summed E-state index contributed by atoms with van der Waals surface area (Å²) >= 11 is 0. The number of rotatable bonds is 8. The van der Waals surface area contributed by atoms with E-state index in [9.17, 15) is 0 Å². The molecule has 0 unspecified atom stereocenters. The van der Waals surface area contributed by atoms with Gasteiger partial charge in [-0.3, -0.25) is 0 Å². The fourth-order valence-electron chi connectivity index (χ4n) is 3.77. The molecule has 0 radical (unpaired) electrons. The van der Waals surface area contributed by atoms with Gasteiger partial charge in [0.15, 0.2) is 0 Å². The lowest BCUT2D eigenvalue weighted by atomic mass is 9.97. The van der Waals surface area contributed by atoms with Crippen LogP contribution in [0.1, 0.15) is 25.3 Å². The summed E-state index contributed by atoms with van der Waals surface area (Å²) in [6.07, 6.45) is 5.41. The fraction of sp³-hybridized carbons (Fsp3) is 0.172. The minimum atomic E-state index is 0.528. The molecule has 0 N–H and O–H groups in total. The van der Waals surface area contributed by atoms with Gasteiger partial charge in [0.25, 0.3) is 0 Å². The molecule has 4 aromatic rings. The van der Waals surface area contributed by atoms with Crippen LogP contribution in [0.15, 0.2) is 97.6 Å². The summed E-state index contributed by atoms with van der Waals surface area (Å²) in [7, 11) is 0. The average molecular weight is 393 g/mol. The Labute approximate surface area is 179 Å². The molecule has 0 aliphatic heterocycles. The van der Waals surface area contributed by atoms with Gasteiger partial charge in [-0.1, -0.05) is 92.7 Å². The summed E-state index contributed by atoms with van der Waals surface area (Å²) in [5.41, 5.74) is 6.31. The Kier molecular flexibility index (Phi) is 6.29. The van der Waals surface area contributed by atoms with Gasteiger partial charge >= 0.3 is 0 Å². The van der Waals surface area contributed by atoms with Crippen LogP contribution in [0, 0.1) is 0 Å². The Morgan fingerprint density at radius 2 is 1.27 bits per heavy atom. The van der Waals surface area contributed by atoms with Crippen LogP contribution in [0.4, 0.5) is 0 Å². The Morgan fingerprint density at radius 3 is 1.93 bits per heavy atom. The van der Waals surface area contributed by atoms with E-state index < -0.39 is 0 Å². The van der Waals surface area contributed by atoms with Gasteiger partial charge in [0.05, 0.1) is 0 Å².